The molecular formula is C10H19NO2. The van der Waals surface area contributed by atoms with Crippen molar-refractivity contribution in [3.05, 3.63) is 0 Å². The largest absolute Gasteiger partial charge is 0.322 e. The molecule has 0 aromatic rings. The molecule has 0 fully saturated rings. The summed E-state index contributed by atoms with van der Waals surface area (Å²) in [7, 11) is 0. The van der Waals surface area contributed by atoms with E-state index in [-0.39, 0.29) is 17.6 Å². The second kappa shape index (κ2) is 6.78. The minimum Gasteiger partial charge on any atom is -0.322 e. The Bertz CT molecular complexity index is 178. The maximum atomic E-state index is 10.7. The molecule has 0 aromatic carbocycles. The second-order valence-corrected chi connectivity index (χ2v) is 3.52. The van der Waals surface area contributed by atoms with Gasteiger partial charge < -0.3 is 10.5 Å². The number of hydrogen-bond acceptors (Lipinski definition) is 3. The molecule has 0 aliphatic carbocycles. The normalized spacial score (nSPS) is 12.5. The van der Waals surface area contributed by atoms with Crippen LogP contribution in [0.4, 0.5) is 0 Å². The minimum absolute atomic E-state index is 0.0477. The van der Waals surface area contributed by atoms with Crippen molar-refractivity contribution in [1.29, 1.82) is 0 Å². The number of ketones is 2. The van der Waals surface area contributed by atoms with Crippen LogP contribution < -0.4 is 5.73 Å². The molecule has 0 aromatic heterocycles. The highest BCUT2D eigenvalue weighted by Gasteiger charge is 2.06. The van der Waals surface area contributed by atoms with Crippen LogP contribution in [0.1, 0.15) is 46.0 Å². The molecule has 0 saturated heterocycles. The zero-order valence-corrected chi connectivity index (χ0v) is 8.51. The Hall–Kier alpha value is -0.700. The summed E-state index contributed by atoms with van der Waals surface area (Å²) in [6.07, 6.45) is 4.23. The SMILES string of the molecule is CC(=O)CCCCCC(N)C(C)=O. The molecule has 0 aliphatic rings. The van der Waals surface area contributed by atoms with Crippen LogP contribution in [0.15, 0.2) is 0 Å². The van der Waals surface area contributed by atoms with Crippen LogP contribution in [0.5, 0.6) is 0 Å². The number of carbonyl (C=O) groups excluding carboxylic acids is 2. The lowest BCUT2D eigenvalue weighted by molar-refractivity contribution is -0.118. The summed E-state index contributed by atoms with van der Waals surface area (Å²) in [5.74, 6) is 0.280. The highest BCUT2D eigenvalue weighted by atomic mass is 16.1. The molecule has 0 radical (unpaired) electrons. The third-order valence-corrected chi connectivity index (χ3v) is 2.07. The lowest BCUT2D eigenvalue weighted by atomic mass is 10.0. The van der Waals surface area contributed by atoms with E-state index in [0.717, 1.165) is 25.7 Å². The van der Waals surface area contributed by atoms with Crippen molar-refractivity contribution < 1.29 is 9.59 Å². The van der Waals surface area contributed by atoms with Gasteiger partial charge in [-0.15, -0.1) is 0 Å². The number of carbonyl (C=O) groups is 2. The third kappa shape index (κ3) is 7.65. The number of Topliss-reactive ketones (excluding diaryl/α,β-unsaturated/α-hetero) is 2. The predicted molar refractivity (Wildman–Crippen MR) is 52.4 cm³/mol. The molecule has 1 unspecified atom stereocenters. The van der Waals surface area contributed by atoms with Crippen LogP contribution in [0.2, 0.25) is 0 Å². The van der Waals surface area contributed by atoms with Crippen molar-refractivity contribution in [1.82, 2.24) is 0 Å². The van der Waals surface area contributed by atoms with E-state index in [1.54, 1.807) is 6.92 Å². The Morgan fingerprint density at radius 3 is 2.23 bits per heavy atom. The lowest BCUT2D eigenvalue weighted by Gasteiger charge is -2.06. The molecule has 0 saturated carbocycles. The quantitative estimate of drug-likeness (QED) is 0.610. The molecule has 0 rings (SSSR count). The van der Waals surface area contributed by atoms with Gasteiger partial charge in [0.05, 0.1) is 6.04 Å². The van der Waals surface area contributed by atoms with E-state index >= 15 is 0 Å². The lowest BCUT2D eigenvalue weighted by Crippen LogP contribution is -2.27. The van der Waals surface area contributed by atoms with E-state index in [4.69, 9.17) is 5.73 Å². The summed E-state index contributed by atoms with van der Waals surface area (Å²) in [6, 6.07) is -0.308. The Balaban J connectivity index is 3.26. The summed E-state index contributed by atoms with van der Waals surface area (Å²) < 4.78 is 0. The van der Waals surface area contributed by atoms with Gasteiger partial charge in [0, 0.05) is 6.42 Å². The van der Waals surface area contributed by atoms with Crippen molar-refractivity contribution in [2.45, 2.75) is 52.0 Å². The van der Waals surface area contributed by atoms with Crippen LogP contribution in [0.3, 0.4) is 0 Å². The summed E-state index contributed by atoms with van der Waals surface area (Å²) in [5, 5.41) is 0. The molecule has 0 bridgehead atoms. The molecular weight excluding hydrogens is 166 g/mol. The Kier molecular flexibility index (Phi) is 6.41. The summed E-state index contributed by atoms with van der Waals surface area (Å²) in [4.78, 5) is 21.3. The summed E-state index contributed by atoms with van der Waals surface area (Å²) >= 11 is 0. The van der Waals surface area contributed by atoms with Gasteiger partial charge in [-0.25, -0.2) is 0 Å². The van der Waals surface area contributed by atoms with Crippen molar-refractivity contribution in [3.8, 4) is 0 Å². The smallest absolute Gasteiger partial charge is 0.146 e. The summed E-state index contributed by atoms with van der Waals surface area (Å²) in [5.41, 5.74) is 5.54. The highest BCUT2D eigenvalue weighted by molar-refractivity contribution is 5.81. The van der Waals surface area contributed by atoms with E-state index in [1.807, 2.05) is 0 Å². The average molecular weight is 185 g/mol. The zero-order chi connectivity index (χ0) is 10.3. The number of unbranched alkanes of at least 4 members (excludes halogenated alkanes) is 2. The Morgan fingerprint density at radius 2 is 1.77 bits per heavy atom. The van der Waals surface area contributed by atoms with Crippen molar-refractivity contribution in [2.75, 3.05) is 0 Å². The second-order valence-electron chi connectivity index (χ2n) is 3.52. The van der Waals surface area contributed by atoms with Gasteiger partial charge in [-0.2, -0.15) is 0 Å². The van der Waals surface area contributed by atoms with Gasteiger partial charge in [-0.1, -0.05) is 12.8 Å². The monoisotopic (exact) mass is 185 g/mol. The fraction of sp³-hybridized carbons (Fsp3) is 0.800. The van der Waals surface area contributed by atoms with E-state index in [2.05, 4.69) is 0 Å². The van der Waals surface area contributed by atoms with E-state index < -0.39 is 0 Å². The zero-order valence-electron chi connectivity index (χ0n) is 8.51. The van der Waals surface area contributed by atoms with Crippen LogP contribution in [-0.4, -0.2) is 17.6 Å². The van der Waals surface area contributed by atoms with E-state index in [0.29, 0.717) is 6.42 Å². The van der Waals surface area contributed by atoms with Gasteiger partial charge in [0.1, 0.15) is 11.6 Å². The fourth-order valence-corrected chi connectivity index (χ4v) is 1.12. The van der Waals surface area contributed by atoms with Gasteiger partial charge in [0.2, 0.25) is 0 Å². The summed E-state index contributed by atoms with van der Waals surface area (Å²) in [6.45, 7) is 3.11. The van der Waals surface area contributed by atoms with Crippen LogP contribution in [-0.2, 0) is 9.59 Å². The molecule has 0 spiro atoms. The number of nitrogens with two attached hydrogens (primary N) is 1. The highest BCUT2D eigenvalue weighted by Crippen LogP contribution is 2.05. The first-order valence-corrected chi connectivity index (χ1v) is 4.79. The minimum atomic E-state index is -0.308. The predicted octanol–water partition coefficient (Wildman–Crippen LogP) is 1.44. The van der Waals surface area contributed by atoms with Gasteiger partial charge >= 0.3 is 0 Å². The first kappa shape index (κ1) is 12.3. The molecule has 2 N–H and O–H groups in total. The maximum Gasteiger partial charge on any atom is 0.146 e. The van der Waals surface area contributed by atoms with Crippen LogP contribution in [0.25, 0.3) is 0 Å². The molecule has 76 valence electrons. The fourth-order valence-electron chi connectivity index (χ4n) is 1.12. The van der Waals surface area contributed by atoms with Crippen molar-refractivity contribution in [3.63, 3.8) is 0 Å². The Labute approximate surface area is 79.7 Å². The molecule has 3 heteroatoms. The maximum absolute atomic E-state index is 10.7. The number of hydrogen-bond donors (Lipinski definition) is 1. The van der Waals surface area contributed by atoms with Crippen molar-refractivity contribution >= 4 is 11.6 Å². The standard InChI is InChI=1S/C10H19NO2/c1-8(12)6-4-3-5-7-10(11)9(2)13/h10H,3-7,11H2,1-2H3. The van der Waals surface area contributed by atoms with Crippen molar-refractivity contribution in [2.24, 2.45) is 5.73 Å². The first-order valence-electron chi connectivity index (χ1n) is 4.79. The molecule has 0 amide bonds. The van der Waals surface area contributed by atoms with Gasteiger partial charge in [-0.05, 0) is 26.7 Å². The van der Waals surface area contributed by atoms with Gasteiger partial charge in [0.15, 0.2) is 0 Å². The molecule has 13 heavy (non-hydrogen) atoms. The Morgan fingerprint density at radius 1 is 1.15 bits per heavy atom. The van der Waals surface area contributed by atoms with Gasteiger partial charge in [-0.3, -0.25) is 4.79 Å². The van der Waals surface area contributed by atoms with E-state index in [9.17, 15) is 9.59 Å². The number of rotatable bonds is 7. The third-order valence-electron chi connectivity index (χ3n) is 2.07. The molecule has 3 nitrogen and oxygen atoms in total. The first-order chi connectivity index (χ1) is 6.04. The van der Waals surface area contributed by atoms with Crippen LogP contribution in [0, 0.1) is 0 Å². The topological polar surface area (TPSA) is 60.2 Å². The van der Waals surface area contributed by atoms with E-state index in [1.165, 1.54) is 6.92 Å². The average Bonchev–Trinajstić information content (AvgIpc) is 2.02. The van der Waals surface area contributed by atoms with Gasteiger partial charge in [0.25, 0.3) is 0 Å². The molecule has 1 atom stereocenters. The molecule has 0 heterocycles. The molecule has 0 aliphatic heterocycles. The van der Waals surface area contributed by atoms with Crippen LogP contribution >= 0.6 is 0 Å².